The van der Waals surface area contributed by atoms with Crippen LogP contribution in [0.15, 0.2) is 67.3 Å². The number of carbonyl (C=O) groups is 1. The second-order valence-corrected chi connectivity index (χ2v) is 8.18. The Balaban J connectivity index is 1.27. The fourth-order valence-electron chi connectivity index (χ4n) is 4.19. The van der Waals surface area contributed by atoms with Crippen LogP contribution in [0.5, 0.6) is 0 Å². The van der Waals surface area contributed by atoms with Crippen molar-refractivity contribution in [2.75, 3.05) is 13.1 Å². The van der Waals surface area contributed by atoms with Gasteiger partial charge in [-0.15, -0.1) is 5.10 Å². The number of piperidine rings is 1. The highest BCUT2D eigenvalue weighted by Gasteiger charge is 2.34. The number of hydrogen-bond donors (Lipinski definition) is 1. The van der Waals surface area contributed by atoms with E-state index in [-0.39, 0.29) is 5.91 Å². The van der Waals surface area contributed by atoms with E-state index in [1.54, 1.807) is 22.0 Å². The molecule has 1 N–H and O–H groups in total. The topological polar surface area (TPSA) is 89.1 Å². The fourth-order valence-corrected chi connectivity index (χ4v) is 4.19. The zero-order chi connectivity index (χ0) is 21.3. The number of aliphatic hydroxyl groups is 1. The summed E-state index contributed by atoms with van der Waals surface area (Å²) in [6.45, 7) is 2.13. The minimum absolute atomic E-state index is 0.0256. The Morgan fingerprint density at radius 2 is 1.90 bits per heavy atom. The van der Waals surface area contributed by atoms with E-state index < -0.39 is 5.60 Å². The maximum Gasteiger partial charge on any atom is 0.253 e. The van der Waals surface area contributed by atoms with Crippen molar-refractivity contribution >= 4 is 16.9 Å². The molecule has 0 saturated carbocycles. The van der Waals surface area contributed by atoms with Crippen LogP contribution in [0, 0.1) is 0 Å². The lowest BCUT2D eigenvalue weighted by atomic mass is 9.91. The van der Waals surface area contributed by atoms with Gasteiger partial charge in [-0.3, -0.25) is 4.79 Å². The van der Waals surface area contributed by atoms with Gasteiger partial charge in [-0.1, -0.05) is 35.5 Å². The van der Waals surface area contributed by atoms with Crippen LogP contribution in [0.25, 0.3) is 11.0 Å². The first-order chi connectivity index (χ1) is 15.1. The Hall–Kier alpha value is -3.52. The summed E-state index contributed by atoms with van der Waals surface area (Å²) in [6, 6.07) is 15.9. The quantitative estimate of drug-likeness (QED) is 0.539. The molecule has 1 fully saturated rings. The van der Waals surface area contributed by atoms with E-state index in [1.165, 1.54) is 5.56 Å². The van der Waals surface area contributed by atoms with Crippen molar-refractivity contribution in [3.05, 3.63) is 78.4 Å². The minimum atomic E-state index is -0.870. The molecule has 0 bridgehead atoms. The van der Waals surface area contributed by atoms with Crippen molar-refractivity contribution in [2.45, 2.75) is 31.5 Å². The van der Waals surface area contributed by atoms with E-state index in [2.05, 4.69) is 32.0 Å². The standard InChI is InChI=1S/C23H24N6O2/c30-22(27-11-8-23(31,9-12-27)16-29-13-10-25-26-29)19-6-7-21-20(14-19)24-17-28(21)15-18-4-2-1-3-5-18/h1-7,10,13-14,17,31H,8-9,11-12,15-16H2. The molecule has 3 heterocycles. The van der Waals surface area contributed by atoms with Crippen LogP contribution in [0.2, 0.25) is 0 Å². The number of nitrogens with zero attached hydrogens (tertiary/aromatic N) is 6. The summed E-state index contributed by atoms with van der Waals surface area (Å²) in [5, 5.41) is 18.6. The largest absolute Gasteiger partial charge is 0.388 e. The molecule has 0 spiro atoms. The highest BCUT2D eigenvalue weighted by atomic mass is 16.3. The lowest BCUT2D eigenvalue weighted by Gasteiger charge is -2.38. The van der Waals surface area contributed by atoms with E-state index >= 15 is 0 Å². The highest BCUT2D eigenvalue weighted by Crippen LogP contribution is 2.26. The molecular weight excluding hydrogens is 392 g/mol. The summed E-state index contributed by atoms with van der Waals surface area (Å²) in [5.41, 5.74) is 2.76. The molecule has 8 heteroatoms. The average Bonchev–Trinajstić information content (AvgIpc) is 3.44. The van der Waals surface area contributed by atoms with E-state index in [1.807, 2.05) is 42.7 Å². The molecular formula is C23H24N6O2. The van der Waals surface area contributed by atoms with E-state index in [4.69, 9.17) is 0 Å². The molecule has 1 aliphatic heterocycles. The van der Waals surface area contributed by atoms with Crippen molar-refractivity contribution < 1.29 is 9.90 Å². The summed E-state index contributed by atoms with van der Waals surface area (Å²) in [6.07, 6.45) is 6.16. The predicted molar refractivity (Wildman–Crippen MR) is 115 cm³/mol. The highest BCUT2D eigenvalue weighted by molar-refractivity contribution is 5.97. The number of aromatic nitrogens is 5. The molecule has 1 amide bonds. The molecule has 1 saturated heterocycles. The van der Waals surface area contributed by atoms with Crippen LogP contribution in [0.4, 0.5) is 0 Å². The SMILES string of the molecule is O=C(c1ccc2c(c1)ncn2Cc1ccccc1)N1CCC(O)(Cn2ccnn2)CC1. The number of imidazole rings is 1. The van der Waals surface area contributed by atoms with Gasteiger partial charge in [-0.05, 0) is 36.6 Å². The second-order valence-electron chi connectivity index (χ2n) is 8.18. The van der Waals surface area contributed by atoms with Gasteiger partial charge in [-0.2, -0.15) is 0 Å². The van der Waals surface area contributed by atoms with E-state index in [0.29, 0.717) is 38.0 Å². The van der Waals surface area contributed by atoms with Crippen LogP contribution in [0.1, 0.15) is 28.8 Å². The van der Waals surface area contributed by atoms with Crippen molar-refractivity contribution in [1.29, 1.82) is 0 Å². The van der Waals surface area contributed by atoms with Crippen LogP contribution in [-0.2, 0) is 13.1 Å². The summed E-state index contributed by atoms with van der Waals surface area (Å²) < 4.78 is 3.72. The summed E-state index contributed by atoms with van der Waals surface area (Å²) in [5.74, 6) is -0.0256. The maximum atomic E-state index is 13.1. The Bertz CT molecular complexity index is 1180. The van der Waals surface area contributed by atoms with Crippen LogP contribution < -0.4 is 0 Å². The Morgan fingerprint density at radius 3 is 2.65 bits per heavy atom. The zero-order valence-corrected chi connectivity index (χ0v) is 17.1. The van der Waals surface area contributed by atoms with E-state index in [0.717, 1.165) is 17.6 Å². The van der Waals surface area contributed by atoms with Gasteiger partial charge in [0.2, 0.25) is 0 Å². The van der Waals surface area contributed by atoms with E-state index in [9.17, 15) is 9.90 Å². The first kappa shape index (κ1) is 19.4. The van der Waals surface area contributed by atoms with Crippen molar-refractivity contribution in [1.82, 2.24) is 29.4 Å². The smallest absolute Gasteiger partial charge is 0.253 e. The third-order valence-electron chi connectivity index (χ3n) is 5.97. The number of likely N-dealkylation sites (tertiary alicyclic amines) is 1. The van der Waals surface area contributed by atoms with Gasteiger partial charge in [0, 0.05) is 31.4 Å². The lowest BCUT2D eigenvalue weighted by molar-refractivity contribution is -0.0318. The summed E-state index contributed by atoms with van der Waals surface area (Å²) in [4.78, 5) is 19.4. The third-order valence-corrected chi connectivity index (χ3v) is 5.97. The van der Waals surface area contributed by atoms with Crippen molar-refractivity contribution in [2.24, 2.45) is 0 Å². The first-order valence-electron chi connectivity index (χ1n) is 10.4. The number of amides is 1. The second kappa shape index (κ2) is 7.96. The number of carbonyl (C=O) groups excluding carboxylic acids is 1. The number of hydrogen-bond acceptors (Lipinski definition) is 5. The van der Waals surface area contributed by atoms with Crippen molar-refractivity contribution in [3.8, 4) is 0 Å². The number of benzene rings is 2. The minimum Gasteiger partial charge on any atom is -0.388 e. The van der Waals surface area contributed by atoms with Gasteiger partial charge in [0.1, 0.15) is 0 Å². The molecule has 2 aromatic carbocycles. The number of fused-ring (bicyclic) bond motifs is 1. The molecule has 1 aliphatic rings. The molecule has 0 unspecified atom stereocenters. The van der Waals surface area contributed by atoms with Gasteiger partial charge in [-0.25, -0.2) is 9.67 Å². The molecule has 31 heavy (non-hydrogen) atoms. The summed E-state index contributed by atoms with van der Waals surface area (Å²) in [7, 11) is 0. The molecule has 0 atom stereocenters. The Morgan fingerprint density at radius 1 is 1.10 bits per heavy atom. The lowest BCUT2D eigenvalue weighted by Crippen LogP contribution is -2.48. The maximum absolute atomic E-state index is 13.1. The average molecular weight is 416 g/mol. The molecule has 5 rings (SSSR count). The normalized spacial score (nSPS) is 16.0. The van der Waals surface area contributed by atoms with Gasteiger partial charge < -0.3 is 14.6 Å². The van der Waals surface area contributed by atoms with Gasteiger partial charge in [0.25, 0.3) is 5.91 Å². The van der Waals surface area contributed by atoms with Gasteiger partial charge in [0.15, 0.2) is 0 Å². The monoisotopic (exact) mass is 416 g/mol. The molecule has 0 radical (unpaired) electrons. The zero-order valence-electron chi connectivity index (χ0n) is 17.1. The third kappa shape index (κ3) is 4.06. The van der Waals surface area contributed by atoms with Crippen molar-refractivity contribution in [3.63, 3.8) is 0 Å². The molecule has 8 nitrogen and oxygen atoms in total. The first-order valence-corrected chi connectivity index (χ1v) is 10.4. The summed E-state index contributed by atoms with van der Waals surface area (Å²) >= 11 is 0. The van der Waals surface area contributed by atoms with Crippen LogP contribution in [0.3, 0.4) is 0 Å². The molecule has 0 aliphatic carbocycles. The Kier molecular flexibility index (Phi) is 4.99. The fraction of sp³-hybridized carbons (Fsp3) is 0.304. The molecule has 4 aromatic rings. The van der Waals surface area contributed by atoms with Crippen LogP contribution >= 0.6 is 0 Å². The predicted octanol–water partition coefficient (Wildman–Crippen LogP) is 2.34. The Labute approximate surface area is 179 Å². The molecule has 158 valence electrons. The van der Waals surface area contributed by atoms with Gasteiger partial charge in [0.05, 0.1) is 35.7 Å². The van der Waals surface area contributed by atoms with Gasteiger partial charge >= 0.3 is 0 Å². The van der Waals surface area contributed by atoms with Crippen LogP contribution in [-0.4, -0.2) is 59.1 Å². The molecule has 2 aromatic heterocycles. The number of rotatable bonds is 5.